The molecule has 1 aliphatic rings. The maximum atomic E-state index is 13.9. The maximum absolute atomic E-state index is 13.9. The number of nitrogens with one attached hydrogen (secondary N) is 1. The van der Waals surface area contributed by atoms with E-state index in [1.54, 1.807) is 24.3 Å². The van der Waals surface area contributed by atoms with Gasteiger partial charge in [-0.05, 0) is 18.2 Å². The van der Waals surface area contributed by atoms with Crippen LogP contribution in [0.1, 0.15) is 12.0 Å². The van der Waals surface area contributed by atoms with Crippen LogP contribution in [0.2, 0.25) is 5.02 Å². The molecule has 0 atom stereocenters. The lowest BCUT2D eigenvalue weighted by Crippen LogP contribution is -2.46. The number of benzene rings is 2. The number of anilines is 1. The Bertz CT molecular complexity index is 868. The number of hydrogen-bond acceptors (Lipinski definition) is 5. The molecule has 9 heteroatoms. The van der Waals surface area contributed by atoms with Gasteiger partial charge in [0, 0.05) is 62.3 Å². The first-order valence-electron chi connectivity index (χ1n) is 9.35. The molecule has 3 rings (SSSR count). The molecule has 1 amide bonds. The topological polar surface area (TPSA) is 78.7 Å². The molecule has 7 nitrogen and oxygen atoms in total. The quantitative estimate of drug-likeness (QED) is 0.547. The maximum Gasteiger partial charge on any atom is 0.292 e. The summed E-state index contributed by atoms with van der Waals surface area (Å²) >= 11 is 6.10. The van der Waals surface area contributed by atoms with Crippen molar-refractivity contribution in [1.82, 2.24) is 9.80 Å². The Morgan fingerprint density at radius 1 is 1.10 bits per heavy atom. The van der Waals surface area contributed by atoms with Gasteiger partial charge >= 0.3 is 0 Å². The Labute approximate surface area is 173 Å². The van der Waals surface area contributed by atoms with E-state index in [2.05, 4.69) is 15.1 Å². The molecule has 2 aromatic rings. The van der Waals surface area contributed by atoms with Crippen molar-refractivity contribution in [3.8, 4) is 0 Å². The van der Waals surface area contributed by atoms with Gasteiger partial charge in [0.15, 0.2) is 0 Å². The number of amides is 1. The summed E-state index contributed by atoms with van der Waals surface area (Å²) in [7, 11) is 0. The van der Waals surface area contributed by atoms with Crippen molar-refractivity contribution in [2.75, 3.05) is 38.0 Å². The minimum Gasteiger partial charge on any atom is -0.320 e. The molecular weight excluding hydrogens is 399 g/mol. The van der Waals surface area contributed by atoms with Crippen LogP contribution >= 0.6 is 11.6 Å². The molecule has 0 radical (unpaired) electrons. The number of para-hydroxylation sites is 2. The number of nitro benzene ring substituents is 1. The van der Waals surface area contributed by atoms with Crippen molar-refractivity contribution >= 4 is 28.9 Å². The third kappa shape index (κ3) is 5.72. The highest BCUT2D eigenvalue weighted by Gasteiger charge is 2.20. The molecule has 2 aromatic carbocycles. The second kappa shape index (κ2) is 9.78. The highest BCUT2D eigenvalue weighted by atomic mass is 35.5. The van der Waals surface area contributed by atoms with Gasteiger partial charge in [-0.3, -0.25) is 19.8 Å². The number of carbonyl (C=O) groups is 1. The van der Waals surface area contributed by atoms with Gasteiger partial charge in [0.05, 0.1) is 4.92 Å². The van der Waals surface area contributed by atoms with Crippen molar-refractivity contribution in [3.05, 3.63) is 69.0 Å². The van der Waals surface area contributed by atoms with Crippen molar-refractivity contribution in [1.29, 1.82) is 0 Å². The van der Waals surface area contributed by atoms with Crippen molar-refractivity contribution in [2.24, 2.45) is 0 Å². The van der Waals surface area contributed by atoms with Crippen LogP contribution in [0, 0.1) is 15.9 Å². The summed E-state index contributed by atoms with van der Waals surface area (Å²) in [5.41, 5.74) is 0.585. The van der Waals surface area contributed by atoms with E-state index in [9.17, 15) is 19.3 Å². The molecule has 0 bridgehead atoms. The largest absolute Gasteiger partial charge is 0.320 e. The summed E-state index contributed by atoms with van der Waals surface area (Å²) in [5.74, 6) is -0.563. The smallest absolute Gasteiger partial charge is 0.292 e. The molecule has 1 aliphatic heterocycles. The molecule has 1 saturated heterocycles. The Hall–Kier alpha value is -2.55. The van der Waals surface area contributed by atoms with E-state index in [4.69, 9.17) is 11.6 Å². The van der Waals surface area contributed by atoms with Gasteiger partial charge in [-0.2, -0.15) is 0 Å². The predicted molar refractivity (Wildman–Crippen MR) is 109 cm³/mol. The molecule has 0 aliphatic carbocycles. The van der Waals surface area contributed by atoms with Gasteiger partial charge in [0.1, 0.15) is 11.5 Å². The number of nitrogens with zero attached hydrogens (tertiary/aromatic N) is 3. The summed E-state index contributed by atoms with van der Waals surface area (Å²) in [4.78, 5) is 27.0. The lowest BCUT2D eigenvalue weighted by molar-refractivity contribution is -0.383. The lowest BCUT2D eigenvalue weighted by atomic mass is 10.1. The standard InChI is InChI=1S/C20H22ClFN4O3/c21-16-4-3-5-17(22)15(16)14-25-12-10-24(11-13-25)9-8-20(27)23-18-6-1-2-7-19(18)26(28)29/h1-7H,8-14H2,(H,23,27). The molecule has 1 fully saturated rings. The van der Waals surface area contributed by atoms with E-state index in [-0.39, 0.29) is 29.5 Å². The molecular formula is C20H22ClFN4O3. The minimum absolute atomic E-state index is 0.124. The number of halogens is 2. The average molecular weight is 421 g/mol. The van der Waals surface area contributed by atoms with Gasteiger partial charge in [0.25, 0.3) is 5.69 Å². The number of carbonyl (C=O) groups excluding carboxylic acids is 1. The Morgan fingerprint density at radius 2 is 1.79 bits per heavy atom. The minimum atomic E-state index is -0.517. The molecule has 0 unspecified atom stereocenters. The fourth-order valence-corrected chi connectivity index (χ4v) is 3.51. The normalized spacial score (nSPS) is 15.2. The van der Waals surface area contributed by atoms with E-state index in [1.807, 2.05) is 0 Å². The molecule has 0 aromatic heterocycles. The van der Waals surface area contributed by atoms with Crippen LogP contribution in [0.5, 0.6) is 0 Å². The highest BCUT2D eigenvalue weighted by Crippen LogP contribution is 2.23. The van der Waals surface area contributed by atoms with E-state index < -0.39 is 4.92 Å². The third-order valence-corrected chi connectivity index (χ3v) is 5.29. The zero-order valence-corrected chi connectivity index (χ0v) is 16.6. The first-order chi connectivity index (χ1) is 13.9. The van der Waals surface area contributed by atoms with E-state index in [0.29, 0.717) is 23.7 Å². The number of rotatable bonds is 7. The second-order valence-corrected chi connectivity index (χ2v) is 7.30. The third-order valence-electron chi connectivity index (χ3n) is 4.94. The average Bonchev–Trinajstić information content (AvgIpc) is 2.70. The molecule has 29 heavy (non-hydrogen) atoms. The number of hydrogen-bond donors (Lipinski definition) is 1. The summed E-state index contributed by atoms with van der Waals surface area (Å²) in [6.07, 6.45) is 0.241. The molecule has 0 saturated carbocycles. The van der Waals surface area contributed by atoms with Crippen LogP contribution in [0.3, 0.4) is 0 Å². The highest BCUT2D eigenvalue weighted by molar-refractivity contribution is 6.31. The fraction of sp³-hybridized carbons (Fsp3) is 0.350. The Kier molecular flexibility index (Phi) is 7.13. The Morgan fingerprint density at radius 3 is 2.48 bits per heavy atom. The zero-order chi connectivity index (χ0) is 20.8. The van der Waals surface area contributed by atoms with Gasteiger partial charge in [-0.25, -0.2) is 4.39 Å². The summed E-state index contributed by atoms with van der Waals surface area (Å²) in [5, 5.41) is 14.1. The van der Waals surface area contributed by atoms with Gasteiger partial charge < -0.3 is 10.2 Å². The van der Waals surface area contributed by atoms with Crippen LogP contribution in [-0.4, -0.2) is 53.4 Å². The number of nitro groups is 1. The zero-order valence-electron chi connectivity index (χ0n) is 15.8. The molecule has 154 valence electrons. The Balaban J connectivity index is 1.44. The summed E-state index contributed by atoms with van der Waals surface area (Å²) in [6.45, 7) is 4.01. The van der Waals surface area contributed by atoms with E-state index >= 15 is 0 Å². The van der Waals surface area contributed by atoms with Gasteiger partial charge in [0.2, 0.25) is 5.91 Å². The SMILES string of the molecule is O=C(CCN1CCN(Cc2c(F)cccc2Cl)CC1)Nc1ccccc1[N+](=O)[O-]. The summed E-state index contributed by atoms with van der Waals surface area (Å²) in [6, 6.07) is 10.8. The van der Waals surface area contributed by atoms with Crippen LogP contribution in [0.25, 0.3) is 0 Å². The van der Waals surface area contributed by atoms with Gasteiger partial charge in [-0.1, -0.05) is 29.8 Å². The first kappa shape index (κ1) is 21.2. The van der Waals surface area contributed by atoms with Crippen LogP contribution in [0.4, 0.5) is 15.8 Å². The van der Waals surface area contributed by atoms with Gasteiger partial charge in [-0.15, -0.1) is 0 Å². The van der Waals surface area contributed by atoms with Crippen molar-refractivity contribution < 1.29 is 14.1 Å². The van der Waals surface area contributed by atoms with Crippen LogP contribution in [-0.2, 0) is 11.3 Å². The fourth-order valence-electron chi connectivity index (χ4n) is 3.29. The second-order valence-electron chi connectivity index (χ2n) is 6.89. The van der Waals surface area contributed by atoms with Crippen LogP contribution < -0.4 is 5.32 Å². The molecule has 0 spiro atoms. The van der Waals surface area contributed by atoms with E-state index in [0.717, 1.165) is 26.2 Å². The van der Waals surface area contributed by atoms with Crippen LogP contribution in [0.15, 0.2) is 42.5 Å². The van der Waals surface area contributed by atoms with Crippen molar-refractivity contribution in [2.45, 2.75) is 13.0 Å². The molecule has 1 heterocycles. The number of piperazine rings is 1. The lowest BCUT2D eigenvalue weighted by Gasteiger charge is -2.34. The first-order valence-corrected chi connectivity index (χ1v) is 9.72. The summed E-state index contributed by atoms with van der Waals surface area (Å²) < 4.78 is 13.9. The molecule has 1 N–H and O–H groups in total. The van der Waals surface area contributed by atoms with E-state index in [1.165, 1.54) is 18.2 Å². The van der Waals surface area contributed by atoms with Crippen molar-refractivity contribution in [3.63, 3.8) is 0 Å². The predicted octanol–water partition coefficient (Wildman–Crippen LogP) is 3.53. The monoisotopic (exact) mass is 420 g/mol.